The van der Waals surface area contributed by atoms with Gasteiger partial charge < -0.3 is 15.5 Å². The second-order valence-electron chi connectivity index (χ2n) is 4.04. The minimum atomic E-state index is -0.0960. The number of nitrogens with zero attached hydrogens (tertiary/aromatic N) is 1. The van der Waals surface area contributed by atoms with E-state index in [1.165, 1.54) is 4.90 Å². The van der Waals surface area contributed by atoms with Crippen molar-refractivity contribution in [2.24, 2.45) is 0 Å². The van der Waals surface area contributed by atoms with Gasteiger partial charge in [0.05, 0.1) is 0 Å². The Bertz CT molecular complexity index is 410. The number of carbonyl (C=O) groups excluding carboxylic acids is 1. The number of halogens is 2. The summed E-state index contributed by atoms with van der Waals surface area (Å²) in [6.45, 7) is 1.90. The van der Waals surface area contributed by atoms with Gasteiger partial charge in [-0.15, -0.1) is 0 Å². The highest BCUT2D eigenvalue weighted by Crippen LogP contribution is 2.20. The molecule has 0 aliphatic heterocycles. The fraction of sp³-hybridized carbons (Fsp3) is 0.417. The summed E-state index contributed by atoms with van der Waals surface area (Å²) in [5.74, 6) is 0. The summed E-state index contributed by atoms with van der Waals surface area (Å²) in [4.78, 5) is 12.7. The molecule has 1 rings (SSSR count). The Labute approximate surface area is 117 Å². The first-order valence-electron chi connectivity index (χ1n) is 5.60. The van der Waals surface area contributed by atoms with Gasteiger partial charge in [0.1, 0.15) is 0 Å². The van der Waals surface area contributed by atoms with Gasteiger partial charge in [0, 0.05) is 43.8 Å². The van der Waals surface area contributed by atoms with E-state index in [-0.39, 0.29) is 6.03 Å². The molecule has 0 bridgehead atoms. The molecule has 0 unspecified atom stereocenters. The van der Waals surface area contributed by atoms with Crippen LogP contribution < -0.4 is 10.6 Å². The van der Waals surface area contributed by atoms with Crippen LogP contribution in [-0.4, -0.2) is 38.1 Å². The van der Waals surface area contributed by atoms with Crippen molar-refractivity contribution in [2.45, 2.75) is 6.54 Å². The molecule has 0 radical (unpaired) electrons. The normalized spacial score (nSPS) is 10.2. The van der Waals surface area contributed by atoms with Gasteiger partial charge in [-0.3, -0.25) is 0 Å². The van der Waals surface area contributed by atoms with Crippen molar-refractivity contribution in [3.8, 4) is 0 Å². The first kappa shape index (κ1) is 15.1. The molecular formula is C12H17Cl2N3O. The maximum absolute atomic E-state index is 11.2. The average molecular weight is 290 g/mol. The average Bonchev–Trinajstić information content (AvgIpc) is 2.30. The third-order valence-electron chi connectivity index (χ3n) is 2.31. The van der Waals surface area contributed by atoms with Crippen molar-refractivity contribution in [1.29, 1.82) is 0 Å². The lowest BCUT2D eigenvalue weighted by Crippen LogP contribution is -2.38. The third kappa shape index (κ3) is 5.12. The van der Waals surface area contributed by atoms with E-state index in [0.29, 0.717) is 29.7 Å². The Morgan fingerprint density at radius 2 is 2.00 bits per heavy atom. The molecule has 0 aliphatic carbocycles. The summed E-state index contributed by atoms with van der Waals surface area (Å²) in [6.07, 6.45) is 0. The molecule has 0 aliphatic rings. The smallest absolute Gasteiger partial charge is 0.316 e. The van der Waals surface area contributed by atoms with E-state index in [2.05, 4.69) is 10.6 Å². The molecule has 6 heteroatoms. The first-order valence-corrected chi connectivity index (χ1v) is 6.36. The van der Waals surface area contributed by atoms with Crippen LogP contribution in [0.5, 0.6) is 0 Å². The van der Waals surface area contributed by atoms with Crippen LogP contribution in [0.25, 0.3) is 0 Å². The van der Waals surface area contributed by atoms with Gasteiger partial charge in [-0.1, -0.05) is 29.3 Å². The molecule has 4 nitrogen and oxygen atoms in total. The van der Waals surface area contributed by atoms with Crippen molar-refractivity contribution >= 4 is 29.2 Å². The molecule has 0 saturated carbocycles. The molecule has 18 heavy (non-hydrogen) atoms. The number of carbonyl (C=O) groups is 1. The minimum absolute atomic E-state index is 0.0960. The summed E-state index contributed by atoms with van der Waals surface area (Å²) >= 11 is 11.8. The summed E-state index contributed by atoms with van der Waals surface area (Å²) in [5.41, 5.74) is 0.986. The molecule has 1 aromatic rings. The van der Waals surface area contributed by atoms with Crippen molar-refractivity contribution in [1.82, 2.24) is 15.5 Å². The fourth-order valence-electron chi connectivity index (χ4n) is 1.30. The quantitative estimate of drug-likeness (QED) is 0.818. The van der Waals surface area contributed by atoms with E-state index in [1.54, 1.807) is 26.2 Å². The third-order valence-corrected chi connectivity index (χ3v) is 2.90. The van der Waals surface area contributed by atoms with Crippen molar-refractivity contribution < 1.29 is 4.79 Å². The van der Waals surface area contributed by atoms with Gasteiger partial charge in [-0.25, -0.2) is 4.79 Å². The molecule has 1 aromatic carbocycles. The summed E-state index contributed by atoms with van der Waals surface area (Å²) in [5, 5.41) is 7.23. The Morgan fingerprint density at radius 1 is 1.28 bits per heavy atom. The van der Waals surface area contributed by atoms with E-state index >= 15 is 0 Å². The van der Waals surface area contributed by atoms with E-state index < -0.39 is 0 Å². The van der Waals surface area contributed by atoms with Crippen molar-refractivity contribution in [3.05, 3.63) is 33.8 Å². The molecule has 0 saturated heterocycles. The van der Waals surface area contributed by atoms with Gasteiger partial charge in [0.2, 0.25) is 0 Å². The largest absolute Gasteiger partial charge is 0.337 e. The summed E-state index contributed by atoms with van der Waals surface area (Å²) in [7, 11) is 3.41. The highest BCUT2D eigenvalue weighted by Gasteiger charge is 2.02. The van der Waals surface area contributed by atoms with Crippen LogP contribution in [0.1, 0.15) is 5.56 Å². The number of benzene rings is 1. The van der Waals surface area contributed by atoms with Crippen LogP contribution in [0.15, 0.2) is 18.2 Å². The molecule has 0 atom stereocenters. The van der Waals surface area contributed by atoms with Gasteiger partial charge in [0.25, 0.3) is 0 Å². The molecule has 100 valence electrons. The monoisotopic (exact) mass is 289 g/mol. The Morgan fingerprint density at radius 3 is 2.61 bits per heavy atom. The van der Waals surface area contributed by atoms with Crippen LogP contribution in [0.3, 0.4) is 0 Å². The minimum Gasteiger partial charge on any atom is -0.337 e. The van der Waals surface area contributed by atoms with Gasteiger partial charge in [-0.05, 0) is 17.7 Å². The fourth-order valence-corrected chi connectivity index (χ4v) is 1.78. The van der Waals surface area contributed by atoms with Crippen LogP contribution in [-0.2, 0) is 6.54 Å². The highest BCUT2D eigenvalue weighted by molar-refractivity contribution is 6.35. The number of rotatable bonds is 5. The van der Waals surface area contributed by atoms with Gasteiger partial charge >= 0.3 is 6.03 Å². The number of hydrogen-bond donors (Lipinski definition) is 2. The molecule has 0 aromatic heterocycles. The Hall–Kier alpha value is -0.970. The zero-order valence-electron chi connectivity index (χ0n) is 10.5. The lowest BCUT2D eigenvalue weighted by Gasteiger charge is -2.12. The van der Waals surface area contributed by atoms with E-state index in [0.717, 1.165) is 5.56 Å². The van der Waals surface area contributed by atoms with Gasteiger partial charge in [0.15, 0.2) is 0 Å². The van der Waals surface area contributed by atoms with Crippen LogP contribution in [0, 0.1) is 0 Å². The predicted molar refractivity (Wildman–Crippen MR) is 75.3 cm³/mol. The Balaban J connectivity index is 2.24. The van der Waals surface area contributed by atoms with Crippen LogP contribution >= 0.6 is 23.2 Å². The molecule has 2 amide bonds. The maximum Gasteiger partial charge on any atom is 0.316 e. The van der Waals surface area contributed by atoms with Crippen molar-refractivity contribution in [3.63, 3.8) is 0 Å². The molecule has 0 heterocycles. The van der Waals surface area contributed by atoms with Gasteiger partial charge in [-0.2, -0.15) is 0 Å². The molecular weight excluding hydrogens is 273 g/mol. The maximum atomic E-state index is 11.2. The molecule has 0 fully saturated rings. The SMILES string of the molecule is CN(C)C(=O)NCCNCc1ccc(Cl)cc1Cl. The standard InChI is InChI=1S/C12H17Cl2N3O/c1-17(2)12(18)16-6-5-15-8-9-3-4-10(13)7-11(9)14/h3-4,7,15H,5-6,8H2,1-2H3,(H,16,18). The number of hydrogen-bond acceptors (Lipinski definition) is 2. The molecule has 2 N–H and O–H groups in total. The number of amides is 2. The zero-order chi connectivity index (χ0) is 13.5. The topological polar surface area (TPSA) is 44.4 Å². The highest BCUT2D eigenvalue weighted by atomic mass is 35.5. The van der Waals surface area contributed by atoms with E-state index in [9.17, 15) is 4.79 Å². The Kier molecular flexibility index (Phi) is 6.25. The van der Waals surface area contributed by atoms with Crippen LogP contribution in [0.2, 0.25) is 10.0 Å². The lowest BCUT2D eigenvalue weighted by atomic mass is 10.2. The number of nitrogens with one attached hydrogen (secondary N) is 2. The van der Waals surface area contributed by atoms with Crippen LogP contribution in [0.4, 0.5) is 4.79 Å². The number of urea groups is 1. The summed E-state index contributed by atoms with van der Waals surface area (Å²) in [6, 6.07) is 5.31. The zero-order valence-corrected chi connectivity index (χ0v) is 12.0. The van der Waals surface area contributed by atoms with Crippen molar-refractivity contribution in [2.75, 3.05) is 27.2 Å². The molecule has 0 spiro atoms. The second kappa shape index (κ2) is 7.46. The lowest BCUT2D eigenvalue weighted by molar-refractivity contribution is 0.217. The summed E-state index contributed by atoms with van der Waals surface area (Å²) < 4.78 is 0. The second-order valence-corrected chi connectivity index (χ2v) is 4.88. The van der Waals surface area contributed by atoms with E-state index in [1.807, 2.05) is 6.07 Å². The van der Waals surface area contributed by atoms with E-state index in [4.69, 9.17) is 23.2 Å². The predicted octanol–water partition coefficient (Wildman–Crippen LogP) is 2.35. The first-order chi connectivity index (χ1) is 8.50.